The van der Waals surface area contributed by atoms with Crippen molar-refractivity contribution >= 4 is 29.3 Å². The van der Waals surface area contributed by atoms with Crippen LogP contribution in [0.25, 0.3) is 0 Å². The van der Waals surface area contributed by atoms with Gasteiger partial charge in [0.1, 0.15) is 11.9 Å². The molecule has 0 aliphatic rings. The molecule has 27 heavy (non-hydrogen) atoms. The zero-order valence-electron chi connectivity index (χ0n) is 14.7. The molecule has 9 heteroatoms. The van der Waals surface area contributed by atoms with Gasteiger partial charge in [-0.2, -0.15) is 0 Å². The topological polar surface area (TPSA) is 101 Å². The first-order chi connectivity index (χ1) is 12.8. The Balaban J connectivity index is 2.21. The smallest absolute Gasteiger partial charge is 0.284 e. The first kappa shape index (κ1) is 20.4. The predicted octanol–water partition coefficient (Wildman–Crippen LogP) is 3.14. The van der Waals surface area contributed by atoms with Gasteiger partial charge >= 0.3 is 0 Å². The number of rotatable bonds is 7. The van der Waals surface area contributed by atoms with Crippen molar-refractivity contribution in [2.24, 2.45) is 0 Å². The molecule has 0 saturated carbocycles. The van der Waals surface area contributed by atoms with Crippen molar-refractivity contribution in [2.45, 2.75) is 29.7 Å². The third-order valence-corrected chi connectivity index (χ3v) is 4.62. The lowest BCUT2D eigenvalue weighted by atomic mass is 10.1. The fourth-order valence-electron chi connectivity index (χ4n) is 2.19. The maximum absolute atomic E-state index is 13.0. The minimum atomic E-state index is -0.773. The van der Waals surface area contributed by atoms with Crippen LogP contribution in [0, 0.1) is 15.9 Å². The van der Waals surface area contributed by atoms with Gasteiger partial charge in [0.15, 0.2) is 0 Å². The first-order valence-corrected chi connectivity index (χ1v) is 8.94. The fourth-order valence-corrected chi connectivity index (χ4v) is 3.09. The normalized spacial score (nSPS) is 11.5. The van der Waals surface area contributed by atoms with Crippen molar-refractivity contribution in [3.8, 4) is 0 Å². The Bertz CT molecular complexity index is 858. The van der Waals surface area contributed by atoms with Gasteiger partial charge in [-0.05, 0) is 50.2 Å². The van der Waals surface area contributed by atoms with E-state index in [1.54, 1.807) is 6.92 Å². The van der Waals surface area contributed by atoms with Crippen LogP contribution in [0.3, 0.4) is 0 Å². The summed E-state index contributed by atoms with van der Waals surface area (Å²) in [5.74, 6) is -1.33. The highest BCUT2D eigenvalue weighted by Crippen LogP contribution is 2.35. The van der Waals surface area contributed by atoms with Crippen molar-refractivity contribution in [1.29, 1.82) is 0 Å². The quantitative estimate of drug-likeness (QED) is 0.558. The lowest BCUT2D eigenvalue weighted by Gasteiger charge is -2.13. The molecule has 0 radical (unpaired) electrons. The maximum atomic E-state index is 13.0. The maximum Gasteiger partial charge on any atom is 0.284 e. The van der Waals surface area contributed by atoms with Crippen molar-refractivity contribution in [1.82, 2.24) is 10.6 Å². The van der Waals surface area contributed by atoms with Gasteiger partial charge in [-0.3, -0.25) is 19.7 Å². The van der Waals surface area contributed by atoms with E-state index in [9.17, 15) is 24.1 Å². The lowest BCUT2D eigenvalue weighted by Crippen LogP contribution is -2.44. The van der Waals surface area contributed by atoms with Crippen LogP contribution in [-0.4, -0.2) is 29.3 Å². The zero-order chi connectivity index (χ0) is 20.0. The average Bonchev–Trinajstić information content (AvgIpc) is 2.63. The molecule has 2 amide bonds. The first-order valence-electron chi connectivity index (χ1n) is 8.12. The van der Waals surface area contributed by atoms with E-state index >= 15 is 0 Å². The number of carbonyl (C=O) groups is 2. The molecule has 2 rings (SSSR count). The zero-order valence-corrected chi connectivity index (χ0v) is 15.5. The number of nitrogens with one attached hydrogen (secondary N) is 2. The van der Waals surface area contributed by atoms with Gasteiger partial charge in [-0.1, -0.05) is 11.8 Å². The molecule has 2 aromatic carbocycles. The van der Waals surface area contributed by atoms with Gasteiger partial charge in [-0.15, -0.1) is 0 Å². The van der Waals surface area contributed by atoms with E-state index in [0.717, 1.165) is 17.8 Å². The molecule has 0 bridgehead atoms. The van der Waals surface area contributed by atoms with Crippen LogP contribution < -0.4 is 10.6 Å². The van der Waals surface area contributed by atoms with Crippen molar-refractivity contribution in [3.05, 3.63) is 64.0 Å². The Morgan fingerprint density at radius 3 is 2.48 bits per heavy atom. The van der Waals surface area contributed by atoms with Crippen LogP contribution in [0.2, 0.25) is 0 Å². The standard InChI is InChI=1S/C18H18FN3O4S/c1-3-20-17(23)11(2)21-18(24)12-4-9-16(15(10-12)22(25)26)27-14-7-5-13(19)6-8-14/h4-11H,3H2,1-2H3,(H,20,23)(H,21,24)/t11-/m1/s1. The Labute approximate surface area is 159 Å². The van der Waals surface area contributed by atoms with E-state index in [1.165, 1.54) is 43.3 Å². The average molecular weight is 391 g/mol. The molecular weight excluding hydrogens is 373 g/mol. The van der Waals surface area contributed by atoms with Gasteiger partial charge in [-0.25, -0.2) is 4.39 Å². The SMILES string of the molecule is CCNC(=O)[C@@H](C)NC(=O)c1ccc(Sc2ccc(F)cc2)c([N+](=O)[O-])c1. The predicted molar refractivity (Wildman–Crippen MR) is 99.2 cm³/mol. The van der Waals surface area contributed by atoms with Crippen molar-refractivity contribution < 1.29 is 18.9 Å². The van der Waals surface area contributed by atoms with E-state index in [4.69, 9.17) is 0 Å². The number of hydrogen-bond acceptors (Lipinski definition) is 5. The van der Waals surface area contributed by atoms with Gasteiger partial charge in [0, 0.05) is 23.1 Å². The summed E-state index contributed by atoms with van der Waals surface area (Å²) in [7, 11) is 0. The van der Waals surface area contributed by atoms with Crippen molar-refractivity contribution in [2.75, 3.05) is 6.54 Å². The molecule has 7 nitrogen and oxygen atoms in total. The molecule has 0 aliphatic carbocycles. The summed E-state index contributed by atoms with van der Waals surface area (Å²) in [6.07, 6.45) is 0. The third-order valence-electron chi connectivity index (χ3n) is 3.55. The molecule has 0 spiro atoms. The Morgan fingerprint density at radius 1 is 1.22 bits per heavy atom. The number of nitrogens with zero attached hydrogens (tertiary/aromatic N) is 1. The van der Waals surface area contributed by atoms with Gasteiger partial charge in [0.2, 0.25) is 5.91 Å². The molecule has 2 N–H and O–H groups in total. The van der Waals surface area contributed by atoms with E-state index in [-0.39, 0.29) is 17.2 Å². The number of carbonyl (C=O) groups excluding carboxylic acids is 2. The molecule has 0 fully saturated rings. The van der Waals surface area contributed by atoms with Crippen LogP contribution in [0.5, 0.6) is 0 Å². The fraction of sp³-hybridized carbons (Fsp3) is 0.222. The summed E-state index contributed by atoms with van der Waals surface area (Å²) < 4.78 is 13.0. The number of halogens is 1. The molecule has 0 saturated heterocycles. The van der Waals surface area contributed by atoms with E-state index in [0.29, 0.717) is 16.3 Å². The summed E-state index contributed by atoms with van der Waals surface area (Å²) in [5.41, 5.74) is -0.177. The summed E-state index contributed by atoms with van der Waals surface area (Å²) in [5, 5.41) is 16.5. The van der Waals surface area contributed by atoms with E-state index < -0.39 is 22.7 Å². The second-order valence-electron chi connectivity index (χ2n) is 5.59. The minimum Gasteiger partial charge on any atom is -0.355 e. The number of benzene rings is 2. The second kappa shape index (κ2) is 9.13. The highest BCUT2D eigenvalue weighted by atomic mass is 32.2. The van der Waals surface area contributed by atoms with Gasteiger partial charge < -0.3 is 10.6 Å². The van der Waals surface area contributed by atoms with Gasteiger partial charge in [0.05, 0.1) is 9.82 Å². The number of hydrogen-bond donors (Lipinski definition) is 2. The molecule has 142 valence electrons. The molecular formula is C18H18FN3O4S. The molecule has 0 heterocycles. The largest absolute Gasteiger partial charge is 0.355 e. The highest BCUT2D eigenvalue weighted by Gasteiger charge is 2.21. The summed E-state index contributed by atoms with van der Waals surface area (Å²) in [6, 6.07) is 8.83. The van der Waals surface area contributed by atoms with Crippen molar-refractivity contribution in [3.63, 3.8) is 0 Å². The van der Waals surface area contributed by atoms with Crippen LogP contribution in [-0.2, 0) is 4.79 Å². The van der Waals surface area contributed by atoms with Crippen LogP contribution in [0.15, 0.2) is 52.3 Å². The third kappa shape index (κ3) is 5.52. The summed E-state index contributed by atoms with van der Waals surface area (Å²) >= 11 is 1.09. The molecule has 2 aromatic rings. The number of nitro benzene ring substituents is 1. The van der Waals surface area contributed by atoms with Gasteiger partial charge in [0.25, 0.3) is 11.6 Å². The van der Waals surface area contributed by atoms with Crippen LogP contribution in [0.1, 0.15) is 24.2 Å². The Morgan fingerprint density at radius 2 is 1.89 bits per heavy atom. The van der Waals surface area contributed by atoms with Crippen LogP contribution in [0.4, 0.5) is 10.1 Å². The summed E-state index contributed by atoms with van der Waals surface area (Å²) in [4.78, 5) is 35.7. The number of likely N-dealkylation sites (N-methyl/N-ethyl adjacent to an activating group) is 1. The van der Waals surface area contributed by atoms with E-state index in [1.807, 2.05) is 0 Å². The highest BCUT2D eigenvalue weighted by molar-refractivity contribution is 7.99. The lowest BCUT2D eigenvalue weighted by molar-refractivity contribution is -0.387. The molecule has 1 atom stereocenters. The molecule has 0 aliphatic heterocycles. The second-order valence-corrected chi connectivity index (χ2v) is 6.70. The number of amides is 2. The number of nitro groups is 1. The molecule has 0 aromatic heterocycles. The Hall–Kier alpha value is -2.94. The van der Waals surface area contributed by atoms with Crippen LogP contribution >= 0.6 is 11.8 Å². The summed E-state index contributed by atoms with van der Waals surface area (Å²) in [6.45, 7) is 3.71. The Kier molecular flexibility index (Phi) is 6.89. The monoisotopic (exact) mass is 391 g/mol. The van der Waals surface area contributed by atoms with E-state index in [2.05, 4.69) is 10.6 Å². The molecule has 0 unspecified atom stereocenters. The minimum absolute atomic E-state index is 0.0707.